The summed E-state index contributed by atoms with van der Waals surface area (Å²) in [5.41, 5.74) is 0.726. The minimum atomic E-state index is -4.10. The lowest BCUT2D eigenvalue weighted by molar-refractivity contribution is -0.144. The van der Waals surface area contributed by atoms with Crippen LogP contribution in [0.1, 0.15) is 76.7 Å². The van der Waals surface area contributed by atoms with Crippen LogP contribution < -0.4 is 0 Å². The van der Waals surface area contributed by atoms with Crippen LogP contribution in [0, 0.1) is 0 Å². The number of carboxylic acid groups (broad SMARTS) is 1. The van der Waals surface area contributed by atoms with Gasteiger partial charge in [-0.05, 0) is 36.6 Å². The van der Waals surface area contributed by atoms with E-state index in [9.17, 15) is 17.8 Å². The van der Waals surface area contributed by atoms with Crippen molar-refractivity contribution in [3.8, 4) is 0 Å². The van der Waals surface area contributed by atoms with Crippen molar-refractivity contribution < 1.29 is 27.6 Å². The Labute approximate surface area is 186 Å². The summed E-state index contributed by atoms with van der Waals surface area (Å²) in [6.45, 7) is 2.24. The van der Waals surface area contributed by atoms with E-state index in [1.165, 1.54) is 69.8 Å². The minimum Gasteiger partial charge on any atom is -0.482 e. The SMILES string of the molecule is CCCCCCCCCCCCc1ccccc1S(=O)(=O)O.O=C(O)C1C=CC=CO1. The standard InChI is InChI=1S/C18H30O3S.C6H6O3/c1-2-3-4-5-6-7-8-9-10-11-14-17-15-12-13-16-18(17)22(19,20)21;7-6(8)5-3-1-2-4-9-5/h12-13,15-16H,2-11,14H2,1H3,(H,19,20,21);1-5H,(H,7,8). The highest BCUT2D eigenvalue weighted by molar-refractivity contribution is 7.85. The van der Waals surface area contributed by atoms with Crippen LogP contribution in [0.5, 0.6) is 0 Å². The predicted molar refractivity (Wildman–Crippen MR) is 123 cm³/mol. The van der Waals surface area contributed by atoms with Crippen LogP contribution in [0.2, 0.25) is 0 Å². The first-order chi connectivity index (χ1) is 14.9. The summed E-state index contributed by atoms with van der Waals surface area (Å²) in [5.74, 6) is -0.962. The molecule has 7 heteroatoms. The number of allylic oxidation sites excluding steroid dienone is 2. The highest BCUT2D eigenvalue weighted by Gasteiger charge is 2.14. The summed E-state index contributed by atoms with van der Waals surface area (Å²) >= 11 is 0. The Balaban J connectivity index is 0.000000442. The highest BCUT2D eigenvalue weighted by atomic mass is 32.2. The van der Waals surface area contributed by atoms with Gasteiger partial charge >= 0.3 is 5.97 Å². The topological polar surface area (TPSA) is 101 Å². The first-order valence-corrected chi connectivity index (χ1v) is 12.6. The largest absolute Gasteiger partial charge is 0.482 e. The van der Waals surface area contributed by atoms with Crippen molar-refractivity contribution in [2.75, 3.05) is 0 Å². The van der Waals surface area contributed by atoms with Crippen molar-refractivity contribution in [3.05, 3.63) is 54.3 Å². The van der Waals surface area contributed by atoms with Gasteiger partial charge in [0, 0.05) is 0 Å². The third kappa shape index (κ3) is 12.4. The van der Waals surface area contributed by atoms with Crippen molar-refractivity contribution >= 4 is 16.1 Å². The van der Waals surface area contributed by atoms with Gasteiger partial charge in [0.15, 0.2) is 0 Å². The molecule has 1 heterocycles. The predicted octanol–water partition coefficient (Wildman–Crippen LogP) is 5.94. The maximum absolute atomic E-state index is 11.3. The van der Waals surface area contributed by atoms with E-state index in [0.29, 0.717) is 6.42 Å². The molecule has 0 aromatic heterocycles. The lowest BCUT2D eigenvalue weighted by Gasteiger charge is -2.08. The molecule has 31 heavy (non-hydrogen) atoms. The second kappa shape index (κ2) is 15.6. The van der Waals surface area contributed by atoms with Crippen LogP contribution in [-0.2, 0) is 26.1 Å². The molecule has 0 saturated heterocycles. The first-order valence-electron chi connectivity index (χ1n) is 11.1. The summed E-state index contributed by atoms with van der Waals surface area (Å²) in [4.78, 5) is 10.2. The molecular weight excluding hydrogens is 416 g/mol. The van der Waals surface area contributed by atoms with Gasteiger partial charge in [0.05, 0.1) is 11.2 Å². The summed E-state index contributed by atoms with van der Waals surface area (Å²) in [5, 5.41) is 8.33. The average molecular weight is 453 g/mol. The van der Waals surface area contributed by atoms with Gasteiger partial charge in [0.1, 0.15) is 0 Å². The Morgan fingerprint density at radius 3 is 2.00 bits per heavy atom. The molecule has 1 aromatic rings. The van der Waals surface area contributed by atoms with E-state index >= 15 is 0 Å². The van der Waals surface area contributed by atoms with E-state index in [4.69, 9.17) is 5.11 Å². The molecule has 0 amide bonds. The molecule has 1 unspecified atom stereocenters. The number of rotatable bonds is 13. The highest BCUT2D eigenvalue weighted by Crippen LogP contribution is 2.18. The van der Waals surface area contributed by atoms with Gasteiger partial charge in [0.2, 0.25) is 6.10 Å². The number of hydrogen-bond acceptors (Lipinski definition) is 4. The van der Waals surface area contributed by atoms with Crippen LogP contribution in [0.4, 0.5) is 0 Å². The molecule has 0 aliphatic carbocycles. The van der Waals surface area contributed by atoms with E-state index < -0.39 is 22.2 Å². The van der Waals surface area contributed by atoms with E-state index in [1.54, 1.807) is 24.3 Å². The van der Waals surface area contributed by atoms with Gasteiger partial charge in [-0.3, -0.25) is 4.55 Å². The average Bonchev–Trinajstić information content (AvgIpc) is 2.76. The van der Waals surface area contributed by atoms with Crippen LogP contribution in [0.25, 0.3) is 0 Å². The Morgan fingerprint density at radius 1 is 0.935 bits per heavy atom. The lowest BCUT2D eigenvalue weighted by Crippen LogP contribution is -2.19. The summed E-state index contributed by atoms with van der Waals surface area (Å²) in [7, 11) is -4.10. The fourth-order valence-electron chi connectivity index (χ4n) is 3.29. The van der Waals surface area contributed by atoms with Crippen molar-refractivity contribution in [1.82, 2.24) is 0 Å². The Hall–Kier alpha value is -2.12. The van der Waals surface area contributed by atoms with Gasteiger partial charge in [-0.25, -0.2) is 4.79 Å². The monoisotopic (exact) mass is 452 g/mol. The fourth-order valence-corrected chi connectivity index (χ4v) is 4.04. The fraction of sp³-hybridized carbons (Fsp3) is 0.542. The molecule has 0 bridgehead atoms. The number of aliphatic carboxylic acids is 1. The molecular formula is C24H36O6S. The molecule has 2 rings (SSSR count). The number of aryl methyl sites for hydroxylation is 1. The summed E-state index contributed by atoms with van der Waals surface area (Å²) in [6.07, 6.45) is 18.6. The van der Waals surface area contributed by atoms with E-state index in [-0.39, 0.29) is 4.90 Å². The van der Waals surface area contributed by atoms with Gasteiger partial charge < -0.3 is 9.84 Å². The maximum Gasteiger partial charge on any atom is 0.349 e. The first kappa shape index (κ1) is 26.9. The molecule has 1 aliphatic heterocycles. The van der Waals surface area contributed by atoms with Crippen molar-refractivity contribution in [1.29, 1.82) is 0 Å². The molecule has 174 valence electrons. The molecule has 0 saturated carbocycles. The third-order valence-corrected chi connectivity index (χ3v) is 5.95. The van der Waals surface area contributed by atoms with Crippen LogP contribution in [0.15, 0.2) is 53.7 Å². The smallest absolute Gasteiger partial charge is 0.349 e. The number of ether oxygens (including phenoxy) is 1. The van der Waals surface area contributed by atoms with Crippen molar-refractivity contribution in [2.24, 2.45) is 0 Å². The molecule has 0 radical (unpaired) electrons. The molecule has 6 nitrogen and oxygen atoms in total. The minimum absolute atomic E-state index is 0.0610. The number of carboxylic acids is 1. The number of hydrogen-bond donors (Lipinski definition) is 2. The molecule has 0 spiro atoms. The number of unbranched alkanes of at least 4 members (excludes halogenated alkanes) is 9. The van der Waals surface area contributed by atoms with Crippen LogP contribution in [-0.4, -0.2) is 30.2 Å². The summed E-state index contributed by atoms with van der Waals surface area (Å²) < 4.78 is 36.5. The Bertz CT molecular complexity index is 798. The Morgan fingerprint density at radius 2 is 1.52 bits per heavy atom. The molecule has 1 aliphatic rings. The van der Waals surface area contributed by atoms with Crippen LogP contribution in [0.3, 0.4) is 0 Å². The maximum atomic E-state index is 11.3. The molecule has 2 N–H and O–H groups in total. The quantitative estimate of drug-likeness (QED) is 0.284. The van der Waals surface area contributed by atoms with E-state index in [2.05, 4.69) is 11.7 Å². The van der Waals surface area contributed by atoms with Crippen molar-refractivity contribution in [2.45, 2.75) is 88.6 Å². The lowest BCUT2D eigenvalue weighted by atomic mass is 10.0. The van der Waals surface area contributed by atoms with Crippen LogP contribution >= 0.6 is 0 Å². The third-order valence-electron chi connectivity index (χ3n) is 4.99. The second-order valence-corrected chi connectivity index (χ2v) is 9.01. The zero-order valence-electron chi connectivity index (χ0n) is 18.4. The Kier molecular flexibility index (Phi) is 13.6. The van der Waals surface area contributed by atoms with E-state index in [0.717, 1.165) is 18.4 Å². The normalized spacial score (nSPS) is 15.1. The molecule has 1 aromatic carbocycles. The van der Waals surface area contributed by atoms with Gasteiger partial charge in [0.25, 0.3) is 10.1 Å². The molecule has 0 fully saturated rings. The number of carbonyl (C=O) groups is 1. The van der Waals surface area contributed by atoms with E-state index in [1.807, 2.05) is 6.07 Å². The number of benzene rings is 1. The summed E-state index contributed by atoms with van der Waals surface area (Å²) in [6, 6.07) is 6.73. The van der Waals surface area contributed by atoms with Crippen molar-refractivity contribution in [3.63, 3.8) is 0 Å². The second-order valence-electron chi connectivity index (χ2n) is 7.62. The molecule has 1 atom stereocenters. The van der Waals surface area contributed by atoms with Gasteiger partial charge in [-0.15, -0.1) is 0 Å². The van der Waals surface area contributed by atoms with Gasteiger partial charge in [-0.2, -0.15) is 8.42 Å². The zero-order valence-corrected chi connectivity index (χ0v) is 19.2. The zero-order chi connectivity index (χ0) is 23.0. The van der Waals surface area contributed by atoms with Gasteiger partial charge in [-0.1, -0.05) is 89.0 Å².